The number of carboxylic acids is 1. The average Bonchev–Trinajstić information content (AvgIpc) is 2.28. The normalized spacial score (nSPS) is 12.8. The van der Waals surface area contributed by atoms with E-state index in [-0.39, 0.29) is 30.5 Å². The SMILES string of the molecule is CSCC[C@@H](NC(=O)NCCSC(F)(F)F)C(=O)O. The summed E-state index contributed by atoms with van der Waals surface area (Å²) in [6.45, 7) is -0.190. The van der Waals surface area contributed by atoms with Crippen LogP contribution in [0.5, 0.6) is 0 Å². The van der Waals surface area contributed by atoms with Crippen LogP contribution in [0.3, 0.4) is 0 Å². The number of hydrogen-bond acceptors (Lipinski definition) is 4. The standard InChI is InChI=1S/C9H15F3N2O3S2/c1-18-4-2-6(7(15)16)14-8(17)13-3-5-19-9(10,11)12/h6H,2-5H2,1H3,(H,15,16)(H2,13,14,17)/t6-/m1/s1. The van der Waals surface area contributed by atoms with Crippen molar-refractivity contribution in [1.29, 1.82) is 0 Å². The Hall–Kier alpha value is -0.770. The number of halogens is 3. The number of urea groups is 1. The molecule has 0 aromatic heterocycles. The fourth-order valence-corrected chi connectivity index (χ4v) is 1.94. The molecule has 0 aromatic rings. The van der Waals surface area contributed by atoms with Crippen molar-refractivity contribution in [2.75, 3.05) is 24.3 Å². The van der Waals surface area contributed by atoms with Gasteiger partial charge in [-0.3, -0.25) is 0 Å². The molecule has 0 heterocycles. The van der Waals surface area contributed by atoms with Gasteiger partial charge < -0.3 is 15.7 Å². The van der Waals surface area contributed by atoms with E-state index in [2.05, 4.69) is 10.6 Å². The van der Waals surface area contributed by atoms with Gasteiger partial charge in [0.15, 0.2) is 0 Å². The van der Waals surface area contributed by atoms with Crippen LogP contribution in [0.25, 0.3) is 0 Å². The summed E-state index contributed by atoms with van der Waals surface area (Å²) in [5.74, 6) is -0.936. The van der Waals surface area contributed by atoms with Gasteiger partial charge >= 0.3 is 17.5 Å². The number of alkyl halides is 3. The number of carbonyl (C=O) groups is 2. The monoisotopic (exact) mass is 320 g/mol. The molecule has 10 heteroatoms. The van der Waals surface area contributed by atoms with Crippen molar-refractivity contribution in [3.8, 4) is 0 Å². The lowest BCUT2D eigenvalue weighted by atomic mass is 10.2. The highest BCUT2D eigenvalue weighted by Gasteiger charge is 2.27. The number of nitrogens with one attached hydrogen (secondary N) is 2. The fraction of sp³-hybridized carbons (Fsp3) is 0.778. The molecule has 0 unspecified atom stereocenters. The average molecular weight is 320 g/mol. The second kappa shape index (κ2) is 9.18. The van der Waals surface area contributed by atoms with Gasteiger partial charge in [-0.15, -0.1) is 0 Å². The molecule has 2 amide bonds. The molecule has 112 valence electrons. The van der Waals surface area contributed by atoms with Gasteiger partial charge in [-0.05, 0) is 30.2 Å². The molecule has 0 aliphatic heterocycles. The van der Waals surface area contributed by atoms with E-state index >= 15 is 0 Å². The van der Waals surface area contributed by atoms with Gasteiger partial charge in [-0.25, -0.2) is 9.59 Å². The lowest BCUT2D eigenvalue weighted by molar-refractivity contribution is -0.139. The zero-order chi connectivity index (χ0) is 14.9. The van der Waals surface area contributed by atoms with Crippen LogP contribution in [0.2, 0.25) is 0 Å². The molecule has 0 aliphatic rings. The molecular weight excluding hydrogens is 305 g/mol. The first kappa shape index (κ1) is 18.2. The van der Waals surface area contributed by atoms with Gasteiger partial charge in [0.1, 0.15) is 6.04 Å². The number of carboxylic acid groups (broad SMARTS) is 1. The molecule has 0 rings (SSSR count). The lowest BCUT2D eigenvalue weighted by Gasteiger charge is -2.14. The van der Waals surface area contributed by atoms with E-state index in [0.717, 1.165) is 0 Å². The molecular formula is C9H15F3N2O3S2. The van der Waals surface area contributed by atoms with Crippen LogP contribution in [0.1, 0.15) is 6.42 Å². The molecule has 0 aromatic carbocycles. The van der Waals surface area contributed by atoms with Gasteiger partial charge in [0.2, 0.25) is 0 Å². The molecule has 0 saturated carbocycles. The highest BCUT2D eigenvalue weighted by Crippen LogP contribution is 2.29. The molecule has 0 spiro atoms. The zero-order valence-electron chi connectivity index (χ0n) is 10.1. The lowest BCUT2D eigenvalue weighted by Crippen LogP contribution is -2.46. The number of thioether (sulfide) groups is 2. The Balaban J connectivity index is 3.90. The largest absolute Gasteiger partial charge is 0.480 e. The summed E-state index contributed by atoms with van der Waals surface area (Å²) >= 11 is 1.19. The van der Waals surface area contributed by atoms with Crippen molar-refractivity contribution < 1.29 is 27.9 Å². The predicted molar refractivity (Wildman–Crippen MR) is 69.5 cm³/mol. The van der Waals surface area contributed by atoms with Crippen LogP contribution >= 0.6 is 23.5 Å². The molecule has 5 nitrogen and oxygen atoms in total. The van der Waals surface area contributed by atoms with Gasteiger partial charge in [0, 0.05) is 12.3 Å². The van der Waals surface area contributed by atoms with Crippen LogP contribution < -0.4 is 10.6 Å². The Kier molecular flexibility index (Phi) is 8.81. The molecule has 3 N–H and O–H groups in total. The molecule has 0 saturated heterocycles. The Morgan fingerprint density at radius 1 is 1.32 bits per heavy atom. The first-order valence-corrected chi connectivity index (χ1v) is 7.61. The van der Waals surface area contributed by atoms with Crippen LogP contribution in [0.15, 0.2) is 0 Å². The van der Waals surface area contributed by atoms with E-state index in [0.29, 0.717) is 5.75 Å². The third kappa shape index (κ3) is 10.8. The Labute approximate surface area is 117 Å². The second-order valence-electron chi connectivity index (χ2n) is 3.37. The Morgan fingerprint density at radius 3 is 2.42 bits per heavy atom. The minimum absolute atomic E-state index is 0.190. The summed E-state index contributed by atoms with van der Waals surface area (Å²) in [7, 11) is 0. The van der Waals surface area contributed by atoms with Crippen LogP contribution in [-0.4, -0.2) is 53.0 Å². The number of amides is 2. The van der Waals surface area contributed by atoms with E-state index in [1.54, 1.807) is 6.26 Å². The maximum absolute atomic E-state index is 11.8. The van der Waals surface area contributed by atoms with Crippen molar-refractivity contribution in [1.82, 2.24) is 10.6 Å². The first-order chi connectivity index (χ1) is 8.76. The fourth-order valence-electron chi connectivity index (χ4n) is 1.03. The Bertz CT molecular complexity index is 303. The second-order valence-corrected chi connectivity index (χ2v) is 5.51. The van der Waals surface area contributed by atoms with Crippen LogP contribution in [0.4, 0.5) is 18.0 Å². The smallest absolute Gasteiger partial charge is 0.441 e. The molecule has 0 fully saturated rings. The number of carbonyl (C=O) groups excluding carboxylic acids is 1. The zero-order valence-corrected chi connectivity index (χ0v) is 11.8. The summed E-state index contributed by atoms with van der Waals surface area (Å²) in [4.78, 5) is 22.1. The number of rotatable bonds is 8. The maximum Gasteiger partial charge on any atom is 0.441 e. The van der Waals surface area contributed by atoms with Gasteiger partial charge in [-0.1, -0.05) is 0 Å². The summed E-state index contributed by atoms with van der Waals surface area (Å²) in [5, 5.41) is 13.2. The maximum atomic E-state index is 11.8. The summed E-state index contributed by atoms with van der Waals surface area (Å²) in [5.41, 5.74) is -4.33. The summed E-state index contributed by atoms with van der Waals surface area (Å²) in [6.07, 6.45) is 2.05. The molecule has 0 aliphatic carbocycles. The van der Waals surface area contributed by atoms with Crippen molar-refractivity contribution in [3.63, 3.8) is 0 Å². The Morgan fingerprint density at radius 2 is 1.95 bits per heavy atom. The van der Waals surface area contributed by atoms with Crippen molar-refractivity contribution in [3.05, 3.63) is 0 Å². The minimum Gasteiger partial charge on any atom is -0.480 e. The minimum atomic E-state index is -4.33. The first-order valence-electron chi connectivity index (χ1n) is 5.23. The van der Waals surface area contributed by atoms with Crippen molar-refractivity contribution in [2.24, 2.45) is 0 Å². The van der Waals surface area contributed by atoms with Gasteiger partial charge in [0.25, 0.3) is 0 Å². The summed E-state index contributed by atoms with van der Waals surface area (Å²) in [6, 6.07) is -1.82. The van der Waals surface area contributed by atoms with E-state index < -0.39 is 23.6 Å². The van der Waals surface area contributed by atoms with E-state index in [1.165, 1.54) is 11.8 Å². The highest BCUT2D eigenvalue weighted by atomic mass is 32.2. The highest BCUT2D eigenvalue weighted by molar-refractivity contribution is 8.00. The van der Waals surface area contributed by atoms with E-state index in [1.807, 2.05) is 0 Å². The number of aliphatic carboxylic acids is 1. The predicted octanol–water partition coefficient (Wildman–Crippen LogP) is 1.74. The number of hydrogen-bond donors (Lipinski definition) is 3. The molecule has 1 atom stereocenters. The van der Waals surface area contributed by atoms with Gasteiger partial charge in [0.05, 0.1) is 0 Å². The quantitative estimate of drug-likeness (QED) is 0.594. The van der Waals surface area contributed by atoms with Crippen molar-refractivity contribution >= 4 is 35.5 Å². The molecule has 19 heavy (non-hydrogen) atoms. The van der Waals surface area contributed by atoms with E-state index in [4.69, 9.17) is 5.11 Å². The van der Waals surface area contributed by atoms with Crippen LogP contribution in [0, 0.1) is 0 Å². The van der Waals surface area contributed by atoms with E-state index in [9.17, 15) is 22.8 Å². The molecule has 0 bridgehead atoms. The third-order valence-corrected chi connectivity index (χ3v) is 3.25. The molecule has 0 radical (unpaired) electrons. The summed E-state index contributed by atoms with van der Waals surface area (Å²) < 4.78 is 35.4. The topological polar surface area (TPSA) is 78.4 Å². The third-order valence-electron chi connectivity index (χ3n) is 1.87. The van der Waals surface area contributed by atoms with Gasteiger partial charge in [-0.2, -0.15) is 24.9 Å². The van der Waals surface area contributed by atoms with Crippen molar-refractivity contribution in [2.45, 2.75) is 18.0 Å². The van der Waals surface area contributed by atoms with Crippen LogP contribution in [-0.2, 0) is 4.79 Å².